The van der Waals surface area contributed by atoms with Gasteiger partial charge in [0.1, 0.15) is 12.0 Å². The fraction of sp³-hybridized carbons (Fsp3) is 0.273. The van der Waals surface area contributed by atoms with E-state index < -0.39 is 0 Å². The van der Waals surface area contributed by atoms with E-state index in [1.807, 2.05) is 36.4 Å². The van der Waals surface area contributed by atoms with E-state index in [1.165, 1.54) is 10.3 Å². The molecule has 2 aromatic heterocycles. The molecular weight excluding hydrogens is 350 g/mol. The van der Waals surface area contributed by atoms with Crippen LogP contribution in [0.1, 0.15) is 31.9 Å². The van der Waals surface area contributed by atoms with Crippen LogP contribution in [0.2, 0.25) is 0 Å². The van der Waals surface area contributed by atoms with Gasteiger partial charge < -0.3 is 5.32 Å². The maximum Gasteiger partial charge on any atom is 0.246 e. The molecule has 6 heteroatoms. The summed E-state index contributed by atoms with van der Waals surface area (Å²) in [5.41, 5.74) is 3.78. The van der Waals surface area contributed by atoms with Crippen molar-refractivity contribution in [2.75, 3.05) is 5.32 Å². The van der Waals surface area contributed by atoms with E-state index in [1.54, 1.807) is 12.3 Å². The van der Waals surface area contributed by atoms with Crippen LogP contribution >= 0.6 is 0 Å². The highest BCUT2D eigenvalue weighted by Crippen LogP contribution is 2.28. The predicted octanol–water partition coefficient (Wildman–Crippen LogP) is 3.75. The number of hydrogen-bond acceptors (Lipinski definition) is 4. The summed E-state index contributed by atoms with van der Waals surface area (Å²) < 4.78 is 1.45. The average molecular weight is 373 g/mol. The SMILES string of the molecule is CC1CC=C(c2ccc(=N)n(CC(=O)Nc3ccc4cccnc4c3)n2)CC1. The number of nitrogens with zero attached hydrogens (tertiary/aromatic N) is 3. The Morgan fingerprint density at radius 2 is 2.18 bits per heavy atom. The molecule has 0 saturated heterocycles. The molecule has 0 bridgehead atoms. The number of aromatic nitrogens is 3. The van der Waals surface area contributed by atoms with Crippen molar-refractivity contribution >= 4 is 28.1 Å². The molecule has 6 nitrogen and oxygen atoms in total. The number of fused-ring (bicyclic) bond motifs is 1. The summed E-state index contributed by atoms with van der Waals surface area (Å²) in [5.74, 6) is 0.484. The van der Waals surface area contributed by atoms with Gasteiger partial charge in [-0.3, -0.25) is 15.2 Å². The lowest BCUT2D eigenvalue weighted by atomic mass is 9.90. The molecule has 1 unspecified atom stereocenters. The van der Waals surface area contributed by atoms with E-state index in [-0.39, 0.29) is 17.9 Å². The Morgan fingerprint density at radius 3 is 3.00 bits per heavy atom. The molecule has 0 fully saturated rings. The number of anilines is 1. The van der Waals surface area contributed by atoms with E-state index in [4.69, 9.17) is 5.41 Å². The first-order chi connectivity index (χ1) is 13.6. The topological polar surface area (TPSA) is 83.7 Å². The van der Waals surface area contributed by atoms with Gasteiger partial charge in [-0.25, -0.2) is 4.68 Å². The summed E-state index contributed by atoms with van der Waals surface area (Å²) >= 11 is 0. The van der Waals surface area contributed by atoms with Crippen LogP contribution in [0, 0.1) is 11.3 Å². The molecule has 3 aromatic rings. The first kappa shape index (κ1) is 18.1. The zero-order chi connectivity index (χ0) is 19.5. The van der Waals surface area contributed by atoms with Crippen molar-refractivity contribution in [2.24, 2.45) is 5.92 Å². The van der Waals surface area contributed by atoms with Crippen LogP contribution in [-0.4, -0.2) is 20.7 Å². The minimum Gasteiger partial charge on any atom is -0.324 e. The molecule has 4 rings (SSSR count). The van der Waals surface area contributed by atoms with Crippen LogP contribution in [0.15, 0.2) is 54.7 Å². The standard InChI is InChI=1S/C22H23N5O/c1-15-4-6-17(7-5-15)19-10-11-21(23)27(26-19)14-22(28)25-18-9-8-16-3-2-12-24-20(16)13-18/h2-3,6,8-13,15,23H,4-5,7,14H2,1H3,(H,25,28). The van der Waals surface area contributed by atoms with Crippen molar-refractivity contribution < 1.29 is 4.79 Å². The second kappa shape index (κ2) is 7.76. The number of pyridine rings is 1. The van der Waals surface area contributed by atoms with Crippen LogP contribution < -0.4 is 10.8 Å². The molecule has 142 valence electrons. The summed E-state index contributed by atoms with van der Waals surface area (Å²) in [6, 6.07) is 13.1. The van der Waals surface area contributed by atoms with Crippen LogP contribution in [0.25, 0.3) is 16.5 Å². The third-order valence-corrected chi connectivity index (χ3v) is 5.09. The molecular formula is C22H23N5O. The van der Waals surface area contributed by atoms with Crippen LogP contribution in [0.3, 0.4) is 0 Å². The Balaban J connectivity index is 1.50. The van der Waals surface area contributed by atoms with Crippen LogP contribution in [0.5, 0.6) is 0 Å². The van der Waals surface area contributed by atoms with Gasteiger partial charge in [0.05, 0.1) is 11.2 Å². The van der Waals surface area contributed by atoms with Gasteiger partial charge in [0.25, 0.3) is 0 Å². The highest BCUT2D eigenvalue weighted by molar-refractivity contribution is 5.93. The molecule has 0 spiro atoms. The van der Waals surface area contributed by atoms with E-state index in [0.717, 1.165) is 35.9 Å². The molecule has 1 amide bonds. The lowest BCUT2D eigenvalue weighted by Gasteiger charge is -2.18. The molecule has 2 N–H and O–H groups in total. The molecule has 1 aromatic carbocycles. The Bertz CT molecular complexity index is 1120. The fourth-order valence-electron chi connectivity index (χ4n) is 3.43. The third kappa shape index (κ3) is 4.01. The smallest absolute Gasteiger partial charge is 0.246 e. The van der Waals surface area contributed by atoms with Gasteiger partial charge in [0, 0.05) is 17.3 Å². The first-order valence-electron chi connectivity index (χ1n) is 9.55. The number of amides is 1. The van der Waals surface area contributed by atoms with E-state index in [0.29, 0.717) is 11.6 Å². The Hall–Kier alpha value is -3.28. The number of allylic oxidation sites excluding steroid dienone is 2. The number of hydrogen-bond donors (Lipinski definition) is 2. The Kier molecular flexibility index (Phi) is 5.02. The van der Waals surface area contributed by atoms with Crippen LogP contribution in [-0.2, 0) is 11.3 Å². The predicted molar refractivity (Wildman–Crippen MR) is 109 cm³/mol. The first-order valence-corrected chi connectivity index (χ1v) is 9.55. The van der Waals surface area contributed by atoms with Gasteiger partial charge in [-0.1, -0.05) is 25.1 Å². The van der Waals surface area contributed by atoms with E-state index >= 15 is 0 Å². The second-order valence-electron chi connectivity index (χ2n) is 7.33. The molecule has 0 aliphatic heterocycles. The van der Waals surface area contributed by atoms with Crippen molar-refractivity contribution in [3.63, 3.8) is 0 Å². The summed E-state index contributed by atoms with van der Waals surface area (Å²) in [6.45, 7) is 2.25. The van der Waals surface area contributed by atoms with Crippen molar-refractivity contribution in [1.82, 2.24) is 14.8 Å². The molecule has 2 heterocycles. The number of nitrogens with one attached hydrogen (secondary N) is 2. The zero-order valence-electron chi connectivity index (χ0n) is 15.9. The quantitative estimate of drug-likeness (QED) is 0.730. The maximum atomic E-state index is 12.5. The monoisotopic (exact) mass is 373 g/mol. The molecule has 1 atom stereocenters. The second-order valence-corrected chi connectivity index (χ2v) is 7.33. The molecule has 28 heavy (non-hydrogen) atoms. The number of rotatable bonds is 4. The van der Waals surface area contributed by atoms with Crippen molar-refractivity contribution in [3.8, 4) is 0 Å². The molecule has 0 radical (unpaired) electrons. The maximum absolute atomic E-state index is 12.5. The fourth-order valence-corrected chi connectivity index (χ4v) is 3.43. The number of benzene rings is 1. The number of carbonyl (C=O) groups excluding carboxylic acids is 1. The number of carbonyl (C=O) groups is 1. The van der Waals surface area contributed by atoms with Gasteiger partial charge >= 0.3 is 0 Å². The largest absolute Gasteiger partial charge is 0.324 e. The highest BCUT2D eigenvalue weighted by atomic mass is 16.2. The van der Waals surface area contributed by atoms with Gasteiger partial charge in [0.15, 0.2) is 0 Å². The summed E-state index contributed by atoms with van der Waals surface area (Å²) in [6.07, 6.45) is 7.14. The lowest BCUT2D eigenvalue weighted by molar-refractivity contribution is -0.117. The minimum atomic E-state index is -0.218. The average Bonchev–Trinajstić information content (AvgIpc) is 2.70. The van der Waals surface area contributed by atoms with Gasteiger partial charge in [-0.2, -0.15) is 5.10 Å². The molecule has 1 aliphatic rings. The van der Waals surface area contributed by atoms with Crippen molar-refractivity contribution in [3.05, 3.63) is 65.9 Å². The Labute approximate surface area is 163 Å². The highest BCUT2D eigenvalue weighted by Gasteiger charge is 2.14. The normalized spacial score (nSPS) is 16.6. The summed E-state index contributed by atoms with van der Waals surface area (Å²) in [7, 11) is 0. The summed E-state index contributed by atoms with van der Waals surface area (Å²) in [4.78, 5) is 16.8. The van der Waals surface area contributed by atoms with E-state index in [9.17, 15) is 4.79 Å². The Morgan fingerprint density at radius 1 is 1.29 bits per heavy atom. The van der Waals surface area contributed by atoms with Crippen LogP contribution in [0.4, 0.5) is 5.69 Å². The third-order valence-electron chi connectivity index (χ3n) is 5.09. The van der Waals surface area contributed by atoms with Crippen molar-refractivity contribution in [1.29, 1.82) is 5.41 Å². The molecule has 0 saturated carbocycles. The van der Waals surface area contributed by atoms with Gasteiger partial charge in [0.2, 0.25) is 5.91 Å². The van der Waals surface area contributed by atoms with Crippen molar-refractivity contribution in [2.45, 2.75) is 32.7 Å². The lowest BCUT2D eigenvalue weighted by Crippen LogP contribution is -2.30. The minimum absolute atomic E-state index is 0.00336. The van der Waals surface area contributed by atoms with E-state index in [2.05, 4.69) is 28.4 Å². The zero-order valence-corrected chi connectivity index (χ0v) is 15.9. The van der Waals surface area contributed by atoms with Gasteiger partial charge in [-0.05, 0) is 61.1 Å². The summed E-state index contributed by atoms with van der Waals surface area (Å²) in [5, 5.41) is 16.5. The van der Waals surface area contributed by atoms with Gasteiger partial charge in [-0.15, -0.1) is 0 Å². The molecule has 1 aliphatic carbocycles.